The number of nitrogens with zero attached hydrogens (tertiary/aromatic N) is 1. The molecule has 72 valence electrons. The summed E-state index contributed by atoms with van der Waals surface area (Å²) in [6.45, 7) is 5.61. The highest BCUT2D eigenvalue weighted by molar-refractivity contribution is 4.75. The van der Waals surface area contributed by atoms with E-state index < -0.39 is 0 Å². The highest BCUT2D eigenvalue weighted by Crippen LogP contribution is 2.21. The van der Waals surface area contributed by atoms with E-state index in [-0.39, 0.29) is 0 Å². The van der Waals surface area contributed by atoms with Gasteiger partial charge in [-0.25, -0.2) is 0 Å². The van der Waals surface area contributed by atoms with Gasteiger partial charge >= 0.3 is 0 Å². The van der Waals surface area contributed by atoms with Crippen LogP contribution in [0.15, 0.2) is 0 Å². The van der Waals surface area contributed by atoms with Crippen LogP contribution in [0.3, 0.4) is 0 Å². The van der Waals surface area contributed by atoms with Gasteiger partial charge in [-0.05, 0) is 26.4 Å². The Hall–Kier alpha value is -0.0800. The van der Waals surface area contributed by atoms with Crippen molar-refractivity contribution in [2.24, 2.45) is 0 Å². The maximum atomic E-state index is 3.36. The fraction of sp³-hybridized carbons (Fsp3) is 1.00. The maximum Gasteiger partial charge on any atom is 0.0107 e. The SMILES string of the molecule is CCNCCN(C)C1CCCC1. The molecule has 1 aliphatic rings. The second kappa shape index (κ2) is 5.55. The first-order chi connectivity index (χ1) is 5.84. The summed E-state index contributed by atoms with van der Waals surface area (Å²) in [6.07, 6.45) is 5.72. The van der Waals surface area contributed by atoms with Crippen LogP contribution >= 0.6 is 0 Å². The molecule has 0 aromatic carbocycles. The summed E-state index contributed by atoms with van der Waals surface area (Å²) in [6, 6.07) is 0.878. The lowest BCUT2D eigenvalue weighted by atomic mass is 10.2. The molecule has 0 aliphatic heterocycles. The van der Waals surface area contributed by atoms with Gasteiger partial charge in [0.1, 0.15) is 0 Å². The Morgan fingerprint density at radius 2 is 2.00 bits per heavy atom. The Morgan fingerprint density at radius 3 is 2.58 bits per heavy atom. The summed E-state index contributed by atoms with van der Waals surface area (Å²) in [4.78, 5) is 2.51. The Bertz CT molecular complexity index is 108. The minimum Gasteiger partial charge on any atom is -0.316 e. The molecule has 12 heavy (non-hydrogen) atoms. The van der Waals surface area contributed by atoms with E-state index in [1.54, 1.807) is 0 Å². The van der Waals surface area contributed by atoms with Crippen molar-refractivity contribution in [1.29, 1.82) is 0 Å². The van der Waals surface area contributed by atoms with E-state index in [9.17, 15) is 0 Å². The highest BCUT2D eigenvalue weighted by Gasteiger charge is 2.18. The van der Waals surface area contributed by atoms with Crippen LogP contribution in [0.25, 0.3) is 0 Å². The van der Waals surface area contributed by atoms with Gasteiger partial charge in [-0.1, -0.05) is 19.8 Å². The van der Waals surface area contributed by atoms with Crippen molar-refractivity contribution in [2.45, 2.75) is 38.6 Å². The number of hydrogen-bond donors (Lipinski definition) is 1. The van der Waals surface area contributed by atoms with Gasteiger partial charge in [-0.15, -0.1) is 0 Å². The molecule has 0 unspecified atom stereocenters. The van der Waals surface area contributed by atoms with Crippen LogP contribution in [0.5, 0.6) is 0 Å². The number of nitrogens with one attached hydrogen (secondary N) is 1. The zero-order valence-electron chi connectivity index (χ0n) is 8.47. The molecule has 0 spiro atoms. The van der Waals surface area contributed by atoms with Crippen LogP contribution in [0, 0.1) is 0 Å². The minimum atomic E-state index is 0.878. The van der Waals surface area contributed by atoms with Gasteiger partial charge in [-0.2, -0.15) is 0 Å². The first-order valence-corrected chi connectivity index (χ1v) is 5.25. The van der Waals surface area contributed by atoms with Crippen molar-refractivity contribution >= 4 is 0 Å². The van der Waals surface area contributed by atoms with Gasteiger partial charge in [0.25, 0.3) is 0 Å². The average Bonchev–Trinajstić information content (AvgIpc) is 2.56. The number of hydrogen-bond acceptors (Lipinski definition) is 2. The summed E-state index contributed by atoms with van der Waals surface area (Å²) in [5.41, 5.74) is 0. The highest BCUT2D eigenvalue weighted by atomic mass is 15.1. The van der Waals surface area contributed by atoms with E-state index in [2.05, 4.69) is 24.2 Å². The van der Waals surface area contributed by atoms with Crippen LogP contribution in [0.2, 0.25) is 0 Å². The van der Waals surface area contributed by atoms with E-state index in [1.165, 1.54) is 32.2 Å². The number of rotatable bonds is 5. The molecule has 0 radical (unpaired) electrons. The lowest BCUT2D eigenvalue weighted by Crippen LogP contribution is -2.35. The Balaban J connectivity index is 2.05. The predicted octanol–water partition coefficient (Wildman–Crippen LogP) is 1.47. The smallest absolute Gasteiger partial charge is 0.0107 e. The molecule has 1 rings (SSSR count). The molecule has 1 N–H and O–H groups in total. The zero-order valence-corrected chi connectivity index (χ0v) is 8.47. The first kappa shape index (κ1) is 10.0. The summed E-state index contributed by atoms with van der Waals surface area (Å²) < 4.78 is 0. The van der Waals surface area contributed by atoms with Crippen LogP contribution in [0.4, 0.5) is 0 Å². The molecule has 2 heteroatoms. The van der Waals surface area contributed by atoms with E-state index in [1.807, 2.05) is 0 Å². The second-order valence-electron chi connectivity index (χ2n) is 3.77. The minimum absolute atomic E-state index is 0.878. The Labute approximate surface area is 76.3 Å². The predicted molar refractivity (Wildman–Crippen MR) is 53.4 cm³/mol. The summed E-state index contributed by atoms with van der Waals surface area (Å²) in [5.74, 6) is 0. The van der Waals surface area contributed by atoms with Gasteiger partial charge < -0.3 is 10.2 Å². The van der Waals surface area contributed by atoms with Crippen molar-refractivity contribution in [2.75, 3.05) is 26.7 Å². The molecule has 0 saturated heterocycles. The topological polar surface area (TPSA) is 15.3 Å². The van der Waals surface area contributed by atoms with Crippen LogP contribution in [-0.4, -0.2) is 37.6 Å². The van der Waals surface area contributed by atoms with Crippen molar-refractivity contribution in [3.8, 4) is 0 Å². The largest absolute Gasteiger partial charge is 0.316 e. The second-order valence-corrected chi connectivity index (χ2v) is 3.77. The molecule has 0 aromatic heterocycles. The van der Waals surface area contributed by atoms with Crippen LogP contribution < -0.4 is 5.32 Å². The lowest BCUT2D eigenvalue weighted by molar-refractivity contribution is 0.246. The monoisotopic (exact) mass is 170 g/mol. The molecule has 2 nitrogen and oxygen atoms in total. The number of likely N-dealkylation sites (N-methyl/N-ethyl adjacent to an activating group) is 2. The molecule has 0 heterocycles. The first-order valence-electron chi connectivity index (χ1n) is 5.25. The van der Waals surface area contributed by atoms with Gasteiger partial charge in [0, 0.05) is 19.1 Å². The summed E-state index contributed by atoms with van der Waals surface area (Å²) >= 11 is 0. The van der Waals surface area contributed by atoms with E-state index >= 15 is 0 Å². The molecule has 1 fully saturated rings. The molecule has 0 bridgehead atoms. The van der Waals surface area contributed by atoms with E-state index in [4.69, 9.17) is 0 Å². The lowest BCUT2D eigenvalue weighted by Gasteiger charge is -2.23. The molecule has 0 atom stereocenters. The van der Waals surface area contributed by atoms with Gasteiger partial charge in [-0.3, -0.25) is 0 Å². The fourth-order valence-electron chi connectivity index (χ4n) is 1.96. The Kier molecular flexibility index (Phi) is 4.62. The Morgan fingerprint density at radius 1 is 1.33 bits per heavy atom. The molecule has 0 amide bonds. The summed E-state index contributed by atoms with van der Waals surface area (Å²) in [5, 5.41) is 3.36. The van der Waals surface area contributed by atoms with Crippen LogP contribution in [-0.2, 0) is 0 Å². The normalized spacial score (nSPS) is 19.2. The van der Waals surface area contributed by atoms with Crippen molar-refractivity contribution in [3.63, 3.8) is 0 Å². The molecule has 0 aromatic rings. The fourth-order valence-corrected chi connectivity index (χ4v) is 1.96. The average molecular weight is 170 g/mol. The van der Waals surface area contributed by atoms with Crippen molar-refractivity contribution in [1.82, 2.24) is 10.2 Å². The van der Waals surface area contributed by atoms with Gasteiger partial charge in [0.2, 0.25) is 0 Å². The molecular weight excluding hydrogens is 148 g/mol. The van der Waals surface area contributed by atoms with Gasteiger partial charge in [0.15, 0.2) is 0 Å². The third kappa shape index (κ3) is 3.11. The van der Waals surface area contributed by atoms with Crippen molar-refractivity contribution in [3.05, 3.63) is 0 Å². The third-order valence-corrected chi connectivity index (χ3v) is 2.84. The molecular formula is C10H22N2. The van der Waals surface area contributed by atoms with E-state index in [0.29, 0.717) is 0 Å². The third-order valence-electron chi connectivity index (χ3n) is 2.84. The summed E-state index contributed by atoms with van der Waals surface area (Å²) in [7, 11) is 2.26. The van der Waals surface area contributed by atoms with Crippen molar-refractivity contribution < 1.29 is 0 Å². The van der Waals surface area contributed by atoms with E-state index in [0.717, 1.165) is 19.1 Å². The van der Waals surface area contributed by atoms with Crippen LogP contribution in [0.1, 0.15) is 32.6 Å². The quantitative estimate of drug-likeness (QED) is 0.629. The molecule has 1 saturated carbocycles. The zero-order chi connectivity index (χ0) is 8.81. The maximum absolute atomic E-state index is 3.36. The molecule has 1 aliphatic carbocycles. The van der Waals surface area contributed by atoms with Gasteiger partial charge in [0.05, 0.1) is 0 Å². The standard InChI is InChI=1S/C10H22N2/c1-3-11-8-9-12(2)10-6-4-5-7-10/h10-11H,3-9H2,1-2H3.